The van der Waals surface area contributed by atoms with Gasteiger partial charge in [0.05, 0.1) is 13.5 Å². The Hall–Kier alpha value is -0.870. The van der Waals surface area contributed by atoms with E-state index in [1.165, 1.54) is 7.11 Å². The monoisotopic (exact) mass is 326 g/mol. The van der Waals surface area contributed by atoms with Crippen LogP contribution in [0.5, 0.6) is 0 Å². The Balaban J connectivity index is 2.77. The molecule has 4 heteroatoms. The standard InChI is InChI=1S/C19H34O4/c1-6-10-11-15(7-2)13-19(9-4)14-16(8-3)17(22-23-19)12-18(20)21-5/h10-11,15-17H,6-9,12-14H2,1-5H3/b11-10+/t15?,16-,17-,19-/m0/s1. The van der Waals surface area contributed by atoms with Crippen LogP contribution >= 0.6 is 0 Å². The number of methoxy groups -OCH3 is 1. The first-order valence-electron chi connectivity index (χ1n) is 9.12. The first kappa shape index (κ1) is 20.2. The number of carbonyl (C=O) groups excluding carboxylic acids is 1. The number of allylic oxidation sites excluding steroid dienone is 2. The first-order chi connectivity index (χ1) is 11.0. The summed E-state index contributed by atoms with van der Waals surface area (Å²) < 4.78 is 4.77. The SMILES string of the molecule is CC/C=C/C(CC)C[C@@]1(CC)C[C@H](CC)[C@H](CC(=O)OC)OO1. The third-order valence-electron chi connectivity index (χ3n) is 5.08. The second kappa shape index (κ2) is 10.1. The van der Waals surface area contributed by atoms with Crippen LogP contribution in [-0.4, -0.2) is 24.8 Å². The summed E-state index contributed by atoms with van der Waals surface area (Å²) in [6, 6.07) is 0. The maximum atomic E-state index is 11.5. The summed E-state index contributed by atoms with van der Waals surface area (Å²) in [6.45, 7) is 8.68. The smallest absolute Gasteiger partial charge is 0.308 e. The van der Waals surface area contributed by atoms with Crippen LogP contribution in [0.2, 0.25) is 0 Å². The Labute approximate surface area is 141 Å². The molecule has 4 atom stereocenters. The molecule has 1 rings (SSSR count). The summed E-state index contributed by atoms with van der Waals surface area (Å²) in [5, 5.41) is 0. The molecule has 1 fully saturated rings. The molecular formula is C19H34O4. The summed E-state index contributed by atoms with van der Waals surface area (Å²) >= 11 is 0. The van der Waals surface area contributed by atoms with Crippen molar-refractivity contribution >= 4 is 5.97 Å². The predicted octanol–water partition coefficient (Wildman–Crippen LogP) is 4.83. The van der Waals surface area contributed by atoms with Crippen LogP contribution in [0, 0.1) is 11.8 Å². The Bertz CT molecular complexity index is 380. The van der Waals surface area contributed by atoms with E-state index in [4.69, 9.17) is 14.5 Å². The van der Waals surface area contributed by atoms with Crippen molar-refractivity contribution in [1.29, 1.82) is 0 Å². The van der Waals surface area contributed by atoms with Gasteiger partial charge in [0.1, 0.15) is 11.7 Å². The van der Waals surface area contributed by atoms with Gasteiger partial charge in [-0.3, -0.25) is 4.79 Å². The molecule has 1 saturated heterocycles. The number of hydrogen-bond donors (Lipinski definition) is 0. The summed E-state index contributed by atoms with van der Waals surface area (Å²) in [4.78, 5) is 23.1. The Morgan fingerprint density at radius 1 is 1.35 bits per heavy atom. The second-order valence-electron chi connectivity index (χ2n) is 6.62. The molecule has 134 valence electrons. The van der Waals surface area contributed by atoms with Crippen LogP contribution in [-0.2, 0) is 19.3 Å². The molecule has 0 N–H and O–H groups in total. The minimum Gasteiger partial charge on any atom is -0.469 e. The topological polar surface area (TPSA) is 44.8 Å². The highest BCUT2D eigenvalue weighted by molar-refractivity contribution is 5.69. The van der Waals surface area contributed by atoms with Gasteiger partial charge in [0, 0.05) is 0 Å². The zero-order valence-corrected chi connectivity index (χ0v) is 15.5. The largest absolute Gasteiger partial charge is 0.469 e. The maximum Gasteiger partial charge on any atom is 0.308 e. The van der Waals surface area contributed by atoms with E-state index in [9.17, 15) is 4.79 Å². The lowest BCUT2D eigenvalue weighted by Gasteiger charge is -2.43. The van der Waals surface area contributed by atoms with Crippen molar-refractivity contribution in [3.63, 3.8) is 0 Å². The van der Waals surface area contributed by atoms with Gasteiger partial charge in [-0.15, -0.1) is 0 Å². The van der Waals surface area contributed by atoms with Crippen molar-refractivity contribution in [3.8, 4) is 0 Å². The van der Waals surface area contributed by atoms with E-state index in [0.717, 1.165) is 38.5 Å². The third kappa shape index (κ3) is 5.92. The van der Waals surface area contributed by atoms with Crippen LogP contribution in [0.15, 0.2) is 12.2 Å². The van der Waals surface area contributed by atoms with Gasteiger partial charge in [0.2, 0.25) is 0 Å². The highest BCUT2D eigenvalue weighted by Crippen LogP contribution is 2.41. The van der Waals surface area contributed by atoms with Gasteiger partial charge in [0.15, 0.2) is 0 Å². The summed E-state index contributed by atoms with van der Waals surface area (Å²) in [5.74, 6) is 0.599. The molecule has 1 heterocycles. The molecule has 1 unspecified atom stereocenters. The zero-order chi connectivity index (χ0) is 17.3. The van der Waals surface area contributed by atoms with Crippen LogP contribution in [0.3, 0.4) is 0 Å². The lowest BCUT2D eigenvalue weighted by molar-refractivity contribution is -0.424. The molecule has 0 amide bonds. The maximum absolute atomic E-state index is 11.5. The van der Waals surface area contributed by atoms with Gasteiger partial charge in [-0.1, -0.05) is 46.3 Å². The van der Waals surface area contributed by atoms with Crippen molar-refractivity contribution < 1.29 is 19.3 Å². The summed E-state index contributed by atoms with van der Waals surface area (Å²) in [5.41, 5.74) is -0.244. The van der Waals surface area contributed by atoms with E-state index in [1.807, 2.05) is 0 Å². The van der Waals surface area contributed by atoms with Gasteiger partial charge in [-0.25, -0.2) is 9.78 Å². The van der Waals surface area contributed by atoms with Crippen molar-refractivity contribution in [1.82, 2.24) is 0 Å². The molecule has 1 aliphatic rings. The normalized spacial score (nSPS) is 29.6. The van der Waals surface area contributed by atoms with Crippen LogP contribution < -0.4 is 0 Å². The van der Waals surface area contributed by atoms with Crippen molar-refractivity contribution in [2.75, 3.05) is 7.11 Å². The van der Waals surface area contributed by atoms with Crippen LogP contribution in [0.25, 0.3) is 0 Å². The molecule has 0 saturated carbocycles. The fourth-order valence-electron chi connectivity index (χ4n) is 3.36. The molecule has 0 spiro atoms. The Morgan fingerprint density at radius 3 is 2.61 bits per heavy atom. The first-order valence-corrected chi connectivity index (χ1v) is 9.12. The summed E-state index contributed by atoms with van der Waals surface area (Å²) in [6.07, 6.45) is 10.6. The number of ether oxygens (including phenoxy) is 1. The van der Waals surface area contributed by atoms with E-state index in [1.54, 1.807) is 0 Å². The average molecular weight is 326 g/mol. The summed E-state index contributed by atoms with van der Waals surface area (Å²) in [7, 11) is 1.41. The zero-order valence-electron chi connectivity index (χ0n) is 15.5. The molecule has 1 aliphatic heterocycles. The number of esters is 1. The highest BCUT2D eigenvalue weighted by Gasteiger charge is 2.43. The lowest BCUT2D eigenvalue weighted by Crippen LogP contribution is -2.46. The highest BCUT2D eigenvalue weighted by atomic mass is 17.2. The van der Waals surface area contributed by atoms with E-state index >= 15 is 0 Å². The molecule has 0 aromatic heterocycles. The average Bonchev–Trinajstić information content (AvgIpc) is 2.59. The molecule has 0 aromatic carbocycles. The van der Waals surface area contributed by atoms with Crippen molar-refractivity contribution in [3.05, 3.63) is 12.2 Å². The number of hydrogen-bond acceptors (Lipinski definition) is 4. The van der Waals surface area contributed by atoms with Gasteiger partial charge in [-0.2, -0.15) is 0 Å². The molecular weight excluding hydrogens is 292 g/mol. The third-order valence-corrected chi connectivity index (χ3v) is 5.08. The second-order valence-corrected chi connectivity index (χ2v) is 6.62. The quantitative estimate of drug-likeness (QED) is 0.346. The minimum atomic E-state index is -0.244. The lowest BCUT2D eigenvalue weighted by atomic mass is 9.77. The number of carbonyl (C=O) groups is 1. The fourth-order valence-corrected chi connectivity index (χ4v) is 3.36. The predicted molar refractivity (Wildman–Crippen MR) is 91.8 cm³/mol. The molecule has 4 nitrogen and oxygen atoms in total. The Kier molecular flexibility index (Phi) is 8.85. The van der Waals surface area contributed by atoms with Crippen molar-refractivity contribution in [2.45, 2.75) is 84.3 Å². The fraction of sp³-hybridized carbons (Fsp3) is 0.842. The van der Waals surface area contributed by atoms with Gasteiger partial charge >= 0.3 is 5.97 Å². The van der Waals surface area contributed by atoms with Crippen LogP contribution in [0.1, 0.15) is 72.6 Å². The van der Waals surface area contributed by atoms with E-state index in [2.05, 4.69) is 39.8 Å². The van der Waals surface area contributed by atoms with Crippen LogP contribution in [0.4, 0.5) is 0 Å². The number of rotatable bonds is 9. The molecule has 0 aromatic rings. The van der Waals surface area contributed by atoms with E-state index in [-0.39, 0.29) is 24.1 Å². The van der Waals surface area contributed by atoms with Crippen molar-refractivity contribution in [2.24, 2.45) is 11.8 Å². The molecule has 23 heavy (non-hydrogen) atoms. The minimum absolute atomic E-state index is 0.196. The van der Waals surface area contributed by atoms with Gasteiger partial charge < -0.3 is 4.74 Å². The van der Waals surface area contributed by atoms with Gasteiger partial charge in [0.25, 0.3) is 0 Å². The molecule has 0 aliphatic carbocycles. The van der Waals surface area contributed by atoms with E-state index in [0.29, 0.717) is 11.8 Å². The molecule has 0 radical (unpaired) electrons. The van der Waals surface area contributed by atoms with E-state index < -0.39 is 0 Å². The van der Waals surface area contributed by atoms with Gasteiger partial charge in [-0.05, 0) is 43.9 Å². The Morgan fingerprint density at radius 2 is 2.09 bits per heavy atom. The molecule has 0 bridgehead atoms.